The second-order valence-corrected chi connectivity index (χ2v) is 6.55. The van der Waals surface area contributed by atoms with Crippen molar-refractivity contribution in [3.8, 4) is 0 Å². The molecule has 4 nitrogen and oxygen atoms in total. The van der Waals surface area contributed by atoms with E-state index in [9.17, 15) is 4.79 Å². The first-order chi connectivity index (χ1) is 10.6. The molecule has 0 spiro atoms. The average Bonchev–Trinajstić information content (AvgIpc) is 2.88. The Morgan fingerprint density at radius 3 is 3.00 bits per heavy atom. The van der Waals surface area contributed by atoms with Crippen molar-refractivity contribution < 1.29 is 4.79 Å². The lowest BCUT2D eigenvalue weighted by Gasteiger charge is -2.41. The van der Waals surface area contributed by atoms with Crippen LogP contribution in [-0.4, -0.2) is 42.5 Å². The summed E-state index contributed by atoms with van der Waals surface area (Å²) in [5.74, 6) is 0.393. The van der Waals surface area contributed by atoms with Gasteiger partial charge in [-0.15, -0.1) is 0 Å². The third kappa shape index (κ3) is 1.77. The summed E-state index contributed by atoms with van der Waals surface area (Å²) in [6.07, 6.45) is 3.33. The molecule has 22 heavy (non-hydrogen) atoms. The number of likely N-dealkylation sites (N-methyl/N-ethyl adjacent to an activating group) is 1. The molecular formula is C18H21N3O. The van der Waals surface area contributed by atoms with Crippen LogP contribution >= 0.6 is 0 Å². The zero-order valence-electron chi connectivity index (χ0n) is 13.2. The predicted molar refractivity (Wildman–Crippen MR) is 88.3 cm³/mol. The molecule has 114 valence electrons. The van der Waals surface area contributed by atoms with Gasteiger partial charge in [0.1, 0.15) is 5.69 Å². The minimum atomic E-state index is -0.0271. The Bertz CT molecular complexity index is 802. The minimum absolute atomic E-state index is 0.0271. The van der Waals surface area contributed by atoms with Crippen molar-refractivity contribution in [2.45, 2.75) is 25.3 Å². The Labute approximate surface area is 130 Å². The molecule has 1 aliphatic heterocycles. The van der Waals surface area contributed by atoms with Crippen LogP contribution in [-0.2, 0) is 6.42 Å². The molecular weight excluding hydrogens is 274 g/mol. The number of fused-ring (bicyclic) bond motifs is 2. The lowest BCUT2D eigenvalue weighted by atomic mass is 9.76. The average molecular weight is 295 g/mol. The summed E-state index contributed by atoms with van der Waals surface area (Å²) >= 11 is 0. The van der Waals surface area contributed by atoms with E-state index in [1.165, 1.54) is 22.1 Å². The van der Waals surface area contributed by atoms with Crippen LogP contribution in [0.3, 0.4) is 0 Å². The maximum Gasteiger partial charge on any atom is 0.267 e. The number of aromatic amines is 1. The summed E-state index contributed by atoms with van der Waals surface area (Å²) in [4.78, 5) is 18.0. The van der Waals surface area contributed by atoms with Crippen molar-refractivity contribution in [3.63, 3.8) is 0 Å². The van der Waals surface area contributed by atoms with Crippen molar-refractivity contribution in [2.24, 2.45) is 0 Å². The molecule has 0 saturated carbocycles. The largest absolute Gasteiger partial charge is 0.354 e. The highest BCUT2D eigenvalue weighted by Gasteiger charge is 2.37. The summed E-state index contributed by atoms with van der Waals surface area (Å²) in [5, 5.41) is 4.01. The molecule has 1 aromatic carbocycles. The number of H-pyrrole nitrogens is 1. The summed E-state index contributed by atoms with van der Waals surface area (Å²) in [6.45, 7) is 3.21. The molecule has 0 radical (unpaired) electrons. The van der Waals surface area contributed by atoms with E-state index < -0.39 is 0 Å². The highest BCUT2D eigenvalue weighted by atomic mass is 16.1. The number of nitrogens with zero attached hydrogens (tertiary/aromatic N) is 1. The van der Waals surface area contributed by atoms with Gasteiger partial charge in [-0.25, -0.2) is 0 Å². The second-order valence-electron chi connectivity index (χ2n) is 6.55. The Kier molecular flexibility index (Phi) is 2.91. The first-order valence-corrected chi connectivity index (χ1v) is 7.83. The molecule has 2 atom stereocenters. The molecule has 0 unspecified atom stereocenters. The fraction of sp³-hybridized carbons (Fsp3) is 0.389. The number of nitrogens with one attached hydrogen (secondary N) is 2. The summed E-state index contributed by atoms with van der Waals surface area (Å²) in [6, 6.07) is 6.80. The number of hydrogen-bond donors (Lipinski definition) is 2. The van der Waals surface area contributed by atoms with Crippen LogP contribution in [0.2, 0.25) is 0 Å². The molecule has 1 aliphatic carbocycles. The van der Waals surface area contributed by atoms with Gasteiger partial charge in [-0.1, -0.05) is 23.8 Å². The van der Waals surface area contributed by atoms with Gasteiger partial charge in [0.25, 0.3) is 5.91 Å². The lowest BCUT2D eigenvalue weighted by Crippen LogP contribution is -2.43. The first kappa shape index (κ1) is 13.6. The van der Waals surface area contributed by atoms with Crippen LogP contribution in [0.1, 0.15) is 34.5 Å². The van der Waals surface area contributed by atoms with Crippen LogP contribution in [0, 0.1) is 0 Å². The summed E-state index contributed by atoms with van der Waals surface area (Å²) in [7, 11) is 3.87. The maximum atomic E-state index is 12.2. The Morgan fingerprint density at radius 2 is 2.23 bits per heavy atom. The smallest absolute Gasteiger partial charge is 0.267 e. The lowest BCUT2D eigenvalue weighted by molar-refractivity contribution is 0.0957. The molecule has 4 heteroatoms. The van der Waals surface area contributed by atoms with E-state index in [0.717, 1.165) is 24.2 Å². The number of hydrogen-bond acceptors (Lipinski definition) is 2. The molecule has 0 saturated heterocycles. The monoisotopic (exact) mass is 295 g/mol. The van der Waals surface area contributed by atoms with Gasteiger partial charge < -0.3 is 10.3 Å². The molecule has 2 aliphatic rings. The highest BCUT2D eigenvalue weighted by molar-refractivity contribution is 6.02. The Morgan fingerprint density at radius 1 is 1.41 bits per heavy atom. The van der Waals surface area contributed by atoms with Gasteiger partial charge in [0.05, 0.1) is 0 Å². The third-order valence-electron chi connectivity index (χ3n) is 5.13. The van der Waals surface area contributed by atoms with Crippen LogP contribution in [0.4, 0.5) is 0 Å². The van der Waals surface area contributed by atoms with Gasteiger partial charge in [-0.05, 0) is 37.6 Å². The number of carbonyl (C=O) groups is 1. The van der Waals surface area contributed by atoms with Crippen LogP contribution < -0.4 is 5.32 Å². The van der Waals surface area contributed by atoms with E-state index in [0.29, 0.717) is 12.0 Å². The Hall–Kier alpha value is -2.07. The van der Waals surface area contributed by atoms with E-state index in [1.54, 1.807) is 7.05 Å². The highest BCUT2D eigenvalue weighted by Crippen LogP contribution is 2.42. The van der Waals surface area contributed by atoms with Crippen molar-refractivity contribution in [1.82, 2.24) is 15.2 Å². The standard InChI is InChI=1S/C18H21N3O/c1-10-7-12-11-5-4-6-14-16(11)13(8-15(12)21(3)9-10)17(20-14)18(22)19-2/h4-7,12,15,20H,8-9H2,1-3H3,(H,19,22)/t12-,15-/m1/s1. The van der Waals surface area contributed by atoms with Gasteiger partial charge in [-0.2, -0.15) is 0 Å². The number of aromatic nitrogens is 1. The molecule has 0 fully saturated rings. The molecule has 1 amide bonds. The zero-order valence-corrected chi connectivity index (χ0v) is 13.2. The molecule has 2 heterocycles. The fourth-order valence-electron chi connectivity index (χ4n) is 4.19. The molecule has 2 aromatic rings. The fourth-order valence-corrected chi connectivity index (χ4v) is 4.19. The number of carbonyl (C=O) groups excluding carboxylic acids is 1. The number of benzene rings is 1. The quantitative estimate of drug-likeness (QED) is 0.794. The van der Waals surface area contributed by atoms with Gasteiger partial charge in [0.2, 0.25) is 0 Å². The first-order valence-electron chi connectivity index (χ1n) is 7.83. The number of amides is 1. The van der Waals surface area contributed by atoms with Crippen molar-refractivity contribution in [1.29, 1.82) is 0 Å². The van der Waals surface area contributed by atoms with E-state index in [-0.39, 0.29) is 5.91 Å². The van der Waals surface area contributed by atoms with E-state index in [4.69, 9.17) is 0 Å². The molecule has 4 rings (SSSR count). The van der Waals surface area contributed by atoms with Crippen molar-refractivity contribution in [2.75, 3.05) is 20.6 Å². The van der Waals surface area contributed by atoms with Crippen LogP contribution in [0.15, 0.2) is 29.8 Å². The van der Waals surface area contributed by atoms with Crippen molar-refractivity contribution in [3.05, 3.63) is 46.7 Å². The Balaban J connectivity index is 1.99. The third-order valence-corrected chi connectivity index (χ3v) is 5.13. The number of rotatable bonds is 1. The van der Waals surface area contributed by atoms with Gasteiger partial charge in [0, 0.05) is 36.5 Å². The molecule has 1 aromatic heterocycles. The van der Waals surface area contributed by atoms with Gasteiger partial charge >= 0.3 is 0 Å². The van der Waals surface area contributed by atoms with Crippen molar-refractivity contribution >= 4 is 16.8 Å². The molecule has 2 N–H and O–H groups in total. The van der Waals surface area contributed by atoms with Crippen LogP contribution in [0.5, 0.6) is 0 Å². The van der Waals surface area contributed by atoms with Gasteiger partial charge in [-0.3, -0.25) is 9.69 Å². The zero-order chi connectivity index (χ0) is 15.4. The van der Waals surface area contributed by atoms with E-state index in [2.05, 4.69) is 53.4 Å². The van der Waals surface area contributed by atoms with Crippen LogP contribution in [0.25, 0.3) is 10.9 Å². The second kappa shape index (κ2) is 4.71. The maximum absolute atomic E-state index is 12.2. The topological polar surface area (TPSA) is 48.1 Å². The van der Waals surface area contributed by atoms with E-state index in [1.807, 2.05) is 0 Å². The normalized spacial score (nSPS) is 24.0. The van der Waals surface area contributed by atoms with Gasteiger partial charge in [0.15, 0.2) is 0 Å². The molecule has 0 bridgehead atoms. The summed E-state index contributed by atoms with van der Waals surface area (Å²) < 4.78 is 0. The summed E-state index contributed by atoms with van der Waals surface area (Å²) in [5.41, 5.74) is 5.74. The van der Waals surface area contributed by atoms with E-state index >= 15 is 0 Å². The minimum Gasteiger partial charge on any atom is -0.354 e. The SMILES string of the molecule is CNC(=O)c1[nH]c2cccc3c2c1C[C@@H]1[C@@H]3C=C(C)CN1C. The predicted octanol–water partition coefficient (Wildman–Crippen LogP) is 2.43.